The number of piperidine rings is 2. The van der Waals surface area contributed by atoms with Crippen molar-refractivity contribution >= 4 is 5.96 Å². The van der Waals surface area contributed by atoms with Crippen LogP contribution in [0.5, 0.6) is 0 Å². The number of likely N-dealkylation sites (tertiary alicyclic amines) is 2. The highest BCUT2D eigenvalue weighted by Gasteiger charge is 2.34. The van der Waals surface area contributed by atoms with Crippen molar-refractivity contribution in [3.8, 4) is 0 Å². The van der Waals surface area contributed by atoms with Crippen LogP contribution in [0.4, 0.5) is 0 Å². The number of rotatable bonds is 0. The van der Waals surface area contributed by atoms with Gasteiger partial charge in [-0.3, -0.25) is 5.41 Å². The molecule has 0 spiro atoms. The lowest BCUT2D eigenvalue weighted by Crippen LogP contribution is -2.55. The summed E-state index contributed by atoms with van der Waals surface area (Å²) in [6.45, 7) is 3.19. The van der Waals surface area contributed by atoms with Crippen molar-refractivity contribution in [1.29, 1.82) is 5.41 Å². The summed E-state index contributed by atoms with van der Waals surface area (Å²) >= 11 is 0. The summed E-state index contributed by atoms with van der Waals surface area (Å²) in [6, 6.07) is 0.736. The highest BCUT2D eigenvalue weighted by Crippen LogP contribution is 2.29. The van der Waals surface area contributed by atoms with Gasteiger partial charge in [-0.2, -0.15) is 0 Å². The van der Waals surface area contributed by atoms with E-state index in [4.69, 9.17) is 11.1 Å². The predicted octanol–water partition coefficient (Wildman–Crippen LogP) is 0.296. The van der Waals surface area contributed by atoms with Gasteiger partial charge >= 0.3 is 0 Å². The maximum Gasteiger partial charge on any atom is 0.188 e. The molecule has 2 saturated heterocycles. The molecule has 0 aromatic heterocycles. The summed E-state index contributed by atoms with van der Waals surface area (Å²) in [6.07, 6.45) is 3.77. The first-order valence-electron chi connectivity index (χ1n) is 5.47. The molecule has 0 aromatic rings. The molecule has 0 aromatic carbocycles. The van der Waals surface area contributed by atoms with Gasteiger partial charge in [0, 0.05) is 19.1 Å². The molecule has 2 atom stereocenters. The summed E-state index contributed by atoms with van der Waals surface area (Å²) in [4.78, 5) is 4.49. The lowest BCUT2D eigenvalue weighted by molar-refractivity contribution is 0.0626. The predicted molar refractivity (Wildman–Crippen MR) is 57.2 cm³/mol. The highest BCUT2D eigenvalue weighted by molar-refractivity contribution is 5.74. The SMILES string of the molecule is CN1CCCC2CN(C(=N)N)CCC21. The van der Waals surface area contributed by atoms with E-state index >= 15 is 0 Å². The van der Waals surface area contributed by atoms with Gasteiger partial charge in [-0.05, 0) is 38.8 Å². The fourth-order valence-electron chi connectivity index (χ4n) is 2.87. The van der Waals surface area contributed by atoms with E-state index in [0.717, 1.165) is 25.0 Å². The molecule has 2 heterocycles. The zero-order valence-corrected chi connectivity index (χ0v) is 8.87. The maximum absolute atomic E-state index is 7.44. The van der Waals surface area contributed by atoms with Crippen LogP contribution in [0.2, 0.25) is 0 Å². The standard InChI is InChI=1S/C10H20N4/c1-13-5-2-3-8-7-14(10(11)12)6-4-9(8)13/h8-9H,2-7H2,1H3,(H3,11,12). The van der Waals surface area contributed by atoms with Gasteiger partial charge in [-0.25, -0.2) is 0 Å². The Morgan fingerprint density at radius 2 is 2.14 bits per heavy atom. The lowest BCUT2D eigenvalue weighted by atomic mass is 9.84. The zero-order valence-electron chi connectivity index (χ0n) is 8.87. The Hall–Kier alpha value is -0.770. The number of nitrogens with zero attached hydrogens (tertiary/aromatic N) is 2. The van der Waals surface area contributed by atoms with E-state index in [-0.39, 0.29) is 5.96 Å². The summed E-state index contributed by atoms with van der Waals surface area (Å²) in [5, 5.41) is 7.44. The van der Waals surface area contributed by atoms with Crippen molar-refractivity contribution in [2.45, 2.75) is 25.3 Å². The monoisotopic (exact) mass is 196 g/mol. The Balaban J connectivity index is 1.99. The van der Waals surface area contributed by atoms with Crippen molar-refractivity contribution in [1.82, 2.24) is 9.80 Å². The quantitative estimate of drug-likeness (QED) is 0.433. The van der Waals surface area contributed by atoms with Gasteiger partial charge in [0.15, 0.2) is 5.96 Å². The Kier molecular flexibility index (Phi) is 2.63. The van der Waals surface area contributed by atoms with Crippen molar-refractivity contribution in [2.75, 3.05) is 26.7 Å². The summed E-state index contributed by atoms with van der Waals surface area (Å²) in [5.74, 6) is 0.975. The van der Waals surface area contributed by atoms with E-state index in [1.807, 2.05) is 4.90 Å². The molecule has 14 heavy (non-hydrogen) atoms. The summed E-state index contributed by atoms with van der Waals surface area (Å²) < 4.78 is 0. The number of fused-ring (bicyclic) bond motifs is 1. The molecule has 2 aliphatic rings. The Morgan fingerprint density at radius 3 is 2.86 bits per heavy atom. The third-order valence-corrected chi connectivity index (χ3v) is 3.69. The fourth-order valence-corrected chi connectivity index (χ4v) is 2.87. The van der Waals surface area contributed by atoms with Crippen molar-refractivity contribution in [3.05, 3.63) is 0 Å². The average molecular weight is 196 g/mol. The van der Waals surface area contributed by atoms with Crippen molar-refractivity contribution in [2.24, 2.45) is 11.7 Å². The largest absolute Gasteiger partial charge is 0.370 e. The normalized spacial score (nSPS) is 33.9. The summed E-state index contributed by atoms with van der Waals surface area (Å²) in [5.41, 5.74) is 5.52. The van der Waals surface area contributed by atoms with Gasteiger partial charge in [-0.15, -0.1) is 0 Å². The molecule has 2 fully saturated rings. The molecule has 0 amide bonds. The molecule has 2 rings (SSSR count). The van der Waals surface area contributed by atoms with E-state index in [1.165, 1.54) is 25.8 Å². The van der Waals surface area contributed by atoms with Crippen LogP contribution in [0.15, 0.2) is 0 Å². The molecule has 3 N–H and O–H groups in total. The molecular formula is C10H20N4. The first kappa shape index (κ1) is 9.77. The second-order valence-electron chi connectivity index (χ2n) is 4.57. The van der Waals surface area contributed by atoms with Gasteiger partial charge in [-0.1, -0.05) is 0 Å². The van der Waals surface area contributed by atoms with Crippen LogP contribution in [0.25, 0.3) is 0 Å². The molecule has 80 valence electrons. The minimum Gasteiger partial charge on any atom is -0.370 e. The second kappa shape index (κ2) is 3.77. The zero-order chi connectivity index (χ0) is 10.1. The molecule has 0 saturated carbocycles. The molecule has 4 nitrogen and oxygen atoms in total. The minimum atomic E-state index is 0.247. The van der Waals surface area contributed by atoms with E-state index in [0.29, 0.717) is 0 Å². The van der Waals surface area contributed by atoms with Crippen molar-refractivity contribution in [3.63, 3.8) is 0 Å². The van der Waals surface area contributed by atoms with Crippen LogP contribution in [-0.2, 0) is 0 Å². The number of hydrogen-bond acceptors (Lipinski definition) is 2. The number of hydrogen-bond donors (Lipinski definition) is 2. The van der Waals surface area contributed by atoms with E-state index in [9.17, 15) is 0 Å². The van der Waals surface area contributed by atoms with E-state index in [1.54, 1.807) is 0 Å². The maximum atomic E-state index is 7.44. The number of guanidine groups is 1. The lowest BCUT2D eigenvalue weighted by Gasteiger charge is -2.46. The second-order valence-corrected chi connectivity index (χ2v) is 4.57. The topological polar surface area (TPSA) is 56.4 Å². The Morgan fingerprint density at radius 1 is 1.36 bits per heavy atom. The van der Waals surface area contributed by atoms with Gasteiger partial charge in [0.05, 0.1) is 0 Å². The Bertz CT molecular complexity index is 228. The van der Waals surface area contributed by atoms with Gasteiger partial charge in [0.1, 0.15) is 0 Å². The van der Waals surface area contributed by atoms with Gasteiger partial charge in [0.25, 0.3) is 0 Å². The third kappa shape index (κ3) is 1.71. The molecular weight excluding hydrogens is 176 g/mol. The first-order chi connectivity index (χ1) is 6.68. The van der Waals surface area contributed by atoms with Gasteiger partial charge in [0.2, 0.25) is 0 Å². The molecule has 0 radical (unpaired) electrons. The van der Waals surface area contributed by atoms with Crippen LogP contribution in [0.1, 0.15) is 19.3 Å². The van der Waals surface area contributed by atoms with Crippen LogP contribution >= 0.6 is 0 Å². The van der Waals surface area contributed by atoms with Gasteiger partial charge < -0.3 is 15.5 Å². The molecule has 4 heteroatoms. The van der Waals surface area contributed by atoms with E-state index < -0.39 is 0 Å². The third-order valence-electron chi connectivity index (χ3n) is 3.69. The molecule has 0 bridgehead atoms. The van der Waals surface area contributed by atoms with Crippen LogP contribution in [-0.4, -0.2) is 48.5 Å². The van der Waals surface area contributed by atoms with Crippen LogP contribution < -0.4 is 5.73 Å². The molecule has 2 unspecified atom stereocenters. The molecule has 0 aliphatic carbocycles. The van der Waals surface area contributed by atoms with Crippen LogP contribution in [0.3, 0.4) is 0 Å². The first-order valence-corrected chi connectivity index (χ1v) is 5.47. The van der Waals surface area contributed by atoms with Crippen LogP contribution in [0, 0.1) is 11.3 Å². The Labute approximate surface area is 85.6 Å². The number of nitrogens with one attached hydrogen (secondary N) is 1. The average Bonchev–Trinajstić information content (AvgIpc) is 2.17. The molecule has 2 aliphatic heterocycles. The smallest absolute Gasteiger partial charge is 0.188 e. The fraction of sp³-hybridized carbons (Fsp3) is 0.900. The number of nitrogens with two attached hydrogens (primary N) is 1. The summed E-state index contributed by atoms with van der Waals surface area (Å²) in [7, 11) is 2.22. The minimum absolute atomic E-state index is 0.247. The highest BCUT2D eigenvalue weighted by atomic mass is 15.3. The van der Waals surface area contributed by atoms with Crippen molar-refractivity contribution < 1.29 is 0 Å². The van der Waals surface area contributed by atoms with E-state index in [2.05, 4.69) is 11.9 Å².